The normalized spacial score (nSPS) is 18.3. The topological polar surface area (TPSA) is 50.4 Å². The van der Waals surface area contributed by atoms with Gasteiger partial charge in [-0.05, 0) is 37.1 Å². The van der Waals surface area contributed by atoms with Crippen LogP contribution in [0.5, 0.6) is 5.75 Å². The number of carbonyl (C=O) groups is 1. The van der Waals surface area contributed by atoms with Gasteiger partial charge in [0.2, 0.25) is 5.91 Å². The Morgan fingerprint density at radius 1 is 1.53 bits per heavy atom. The van der Waals surface area contributed by atoms with Crippen molar-refractivity contribution in [2.45, 2.75) is 25.3 Å². The number of methoxy groups -OCH3 is 1. The van der Waals surface area contributed by atoms with Crippen LogP contribution in [0.4, 0.5) is 0 Å². The monoisotopic (exact) mass is 284 g/mol. The highest BCUT2D eigenvalue weighted by Gasteiger charge is 2.15. The molecular formula is C14H21ClN2O2. The number of halogens is 1. The minimum atomic E-state index is 0. The lowest BCUT2D eigenvalue weighted by Crippen LogP contribution is -2.46. The predicted octanol–water partition coefficient (Wildman–Crippen LogP) is 1.53. The Labute approximate surface area is 120 Å². The van der Waals surface area contributed by atoms with Gasteiger partial charge in [-0.1, -0.05) is 12.1 Å². The third-order valence-corrected chi connectivity index (χ3v) is 3.16. The highest BCUT2D eigenvalue weighted by Crippen LogP contribution is 2.13. The summed E-state index contributed by atoms with van der Waals surface area (Å²) in [6.07, 6.45) is 2.61. The van der Waals surface area contributed by atoms with Crippen LogP contribution in [0.25, 0.3) is 0 Å². The number of piperidine rings is 1. The fraction of sp³-hybridized carbons (Fsp3) is 0.500. The van der Waals surface area contributed by atoms with E-state index in [4.69, 9.17) is 4.74 Å². The molecule has 0 bridgehead atoms. The number of hydrogen-bond acceptors (Lipinski definition) is 3. The first kappa shape index (κ1) is 15.8. The molecule has 0 aromatic heterocycles. The van der Waals surface area contributed by atoms with Crippen LogP contribution in [0.3, 0.4) is 0 Å². The molecule has 19 heavy (non-hydrogen) atoms. The lowest BCUT2D eigenvalue weighted by molar-refractivity contribution is -0.121. The first-order valence-electron chi connectivity index (χ1n) is 6.41. The van der Waals surface area contributed by atoms with E-state index in [0.29, 0.717) is 6.42 Å². The Morgan fingerprint density at radius 2 is 2.37 bits per heavy atom. The molecule has 0 aliphatic carbocycles. The van der Waals surface area contributed by atoms with E-state index in [0.717, 1.165) is 37.2 Å². The van der Waals surface area contributed by atoms with Crippen molar-refractivity contribution < 1.29 is 9.53 Å². The summed E-state index contributed by atoms with van der Waals surface area (Å²) in [6, 6.07) is 7.91. The maximum Gasteiger partial charge on any atom is 0.224 e. The summed E-state index contributed by atoms with van der Waals surface area (Å²) in [5.41, 5.74) is 0.982. The zero-order chi connectivity index (χ0) is 12.8. The molecule has 1 fully saturated rings. The van der Waals surface area contributed by atoms with Gasteiger partial charge < -0.3 is 15.4 Å². The SMILES string of the molecule is COc1cccc(CC(=O)NC2CCCNC2)c1.Cl. The molecule has 4 nitrogen and oxygen atoms in total. The van der Waals surface area contributed by atoms with E-state index in [2.05, 4.69) is 10.6 Å². The van der Waals surface area contributed by atoms with E-state index >= 15 is 0 Å². The van der Waals surface area contributed by atoms with Crippen LogP contribution < -0.4 is 15.4 Å². The van der Waals surface area contributed by atoms with E-state index in [1.165, 1.54) is 0 Å². The molecule has 1 aromatic carbocycles. The molecule has 5 heteroatoms. The second-order valence-corrected chi connectivity index (χ2v) is 4.64. The van der Waals surface area contributed by atoms with Gasteiger partial charge >= 0.3 is 0 Å². The lowest BCUT2D eigenvalue weighted by Gasteiger charge is -2.23. The number of carbonyl (C=O) groups excluding carboxylic acids is 1. The van der Waals surface area contributed by atoms with Crippen LogP contribution in [-0.2, 0) is 11.2 Å². The third-order valence-electron chi connectivity index (χ3n) is 3.16. The van der Waals surface area contributed by atoms with E-state index in [1.807, 2.05) is 24.3 Å². The zero-order valence-corrected chi connectivity index (χ0v) is 12.0. The molecule has 1 heterocycles. The number of hydrogen-bond donors (Lipinski definition) is 2. The van der Waals surface area contributed by atoms with Gasteiger partial charge in [0.25, 0.3) is 0 Å². The smallest absolute Gasteiger partial charge is 0.224 e. The Hall–Kier alpha value is -1.26. The van der Waals surface area contributed by atoms with Crippen LogP contribution in [0.2, 0.25) is 0 Å². The van der Waals surface area contributed by atoms with Crippen molar-refractivity contribution in [2.75, 3.05) is 20.2 Å². The minimum Gasteiger partial charge on any atom is -0.497 e. The summed E-state index contributed by atoms with van der Waals surface area (Å²) in [7, 11) is 1.63. The summed E-state index contributed by atoms with van der Waals surface area (Å²) < 4.78 is 5.14. The maximum atomic E-state index is 11.9. The number of rotatable bonds is 4. The standard InChI is InChI=1S/C14H20N2O2.ClH/c1-18-13-6-2-4-11(8-13)9-14(17)16-12-5-3-7-15-10-12;/h2,4,6,8,12,15H,3,5,7,9-10H2,1H3,(H,16,17);1H. The van der Waals surface area contributed by atoms with Gasteiger partial charge in [-0.25, -0.2) is 0 Å². The first-order chi connectivity index (χ1) is 8.78. The van der Waals surface area contributed by atoms with Crippen molar-refractivity contribution in [3.05, 3.63) is 29.8 Å². The van der Waals surface area contributed by atoms with E-state index in [9.17, 15) is 4.79 Å². The zero-order valence-electron chi connectivity index (χ0n) is 11.1. The molecular weight excluding hydrogens is 264 g/mol. The average Bonchev–Trinajstić information content (AvgIpc) is 2.40. The predicted molar refractivity (Wildman–Crippen MR) is 78.0 cm³/mol. The Balaban J connectivity index is 0.00000180. The van der Waals surface area contributed by atoms with Crippen molar-refractivity contribution in [1.29, 1.82) is 0 Å². The molecule has 1 aliphatic heterocycles. The molecule has 1 amide bonds. The fourth-order valence-electron chi connectivity index (χ4n) is 2.22. The molecule has 106 valence electrons. The molecule has 0 spiro atoms. The molecule has 1 atom stereocenters. The molecule has 1 aromatic rings. The third kappa shape index (κ3) is 5.09. The van der Waals surface area contributed by atoms with Gasteiger partial charge in [-0.3, -0.25) is 4.79 Å². The molecule has 1 unspecified atom stereocenters. The van der Waals surface area contributed by atoms with Gasteiger partial charge in [-0.15, -0.1) is 12.4 Å². The van der Waals surface area contributed by atoms with Gasteiger partial charge in [0.1, 0.15) is 5.75 Å². The highest BCUT2D eigenvalue weighted by molar-refractivity contribution is 5.85. The first-order valence-corrected chi connectivity index (χ1v) is 6.41. The van der Waals surface area contributed by atoms with E-state index in [1.54, 1.807) is 7.11 Å². The molecule has 1 aliphatic rings. The van der Waals surface area contributed by atoms with Gasteiger partial charge in [-0.2, -0.15) is 0 Å². The fourth-order valence-corrected chi connectivity index (χ4v) is 2.22. The Bertz CT molecular complexity index is 406. The summed E-state index contributed by atoms with van der Waals surface area (Å²) in [5, 5.41) is 6.35. The van der Waals surface area contributed by atoms with Crippen molar-refractivity contribution in [3.63, 3.8) is 0 Å². The average molecular weight is 285 g/mol. The molecule has 0 saturated carbocycles. The number of nitrogens with one attached hydrogen (secondary N) is 2. The number of amides is 1. The van der Waals surface area contributed by atoms with Gasteiger partial charge in [0, 0.05) is 12.6 Å². The Kier molecular flexibility index (Phi) is 6.67. The number of benzene rings is 1. The van der Waals surface area contributed by atoms with E-state index in [-0.39, 0.29) is 24.4 Å². The lowest BCUT2D eigenvalue weighted by atomic mass is 10.1. The minimum absolute atomic E-state index is 0. The molecule has 2 N–H and O–H groups in total. The molecule has 0 radical (unpaired) electrons. The largest absolute Gasteiger partial charge is 0.497 e. The van der Waals surface area contributed by atoms with Crippen LogP contribution in [-0.4, -0.2) is 32.1 Å². The Morgan fingerprint density at radius 3 is 3.05 bits per heavy atom. The summed E-state index contributed by atoms with van der Waals surface area (Å²) in [6.45, 7) is 1.94. The molecule has 1 saturated heterocycles. The van der Waals surface area contributed by atoms with Crippen LogP contribution >= 0.6 is 12.4 Å². The second kappa shape index (κ2) is 8.02. The van der Waals surface area contributed by atoms with Crippen LogP contribution in [0.15, 0.2) is 24.3 Å². The summed E-state index contributed by atoms with van der Waals surface area (Å²) in [5.74, 6) is 0.872. The second-order valence-electron chi connectivity index (χ2n) is 4.64. The van der Waals surface area contributed by atoms with Crippen molar-refractivity contribution in [3.8, 4) is 5.75 Å². The van der Waals surface area contributed by atoms with Gasteiger partial charge in [0.05, 0.1) is 13.5 Å². The quantitative estimate of drug-likeness (QED) is 0.882. The number of ether oxygens (including phenoxy) is 1. The van der Waals surface area contributed by atoms with Crippen LogP contribution in [0, 0.1) is 0 Å². The van der Waals surface area contributed by atoms with E-state index < -0.39 is 0 Å². The maximum absolute atomic E-state index is 11.9. The van der Waals surface area contributed by atoms with Gasteiger partial charge in [0.15, 0.2) is 0 Å². The van der Waals surface area contributed by atoms with Crippen molar-refractivity contribution in [1.82, 2.24) is 10.6 Å². The van der Waals surface area contributed by atoms with Crippen LogP contribution in [0.1, 0.15) is 18.4 Å². The van der Waals surface area contributed by atoms with Crippen molar-refractivity contribution >= 4 is 18.3 Å². The summed E-state index contributed by atoms with van der Waals surface area (Å²) >= 11 is 0. The molecule has 2 rings (SSSR count). The van der Waals surface area contributed by atoms with Crippen molar-refractivity contribution in [2.24, 2.45) is 0 Å². The summed E-state index contributed by atoms with van der Waals surface area (Å²) in [4.78, 5) is 11.9. The highest BCUT2D eigenvalue weighted by atomic mass is 35.5.